The summed E-state index contributed by atoms with van der Waals surface area (Å²) in [5.74, 6) is 7.59. The second-order valence-corrected chi connectivity index (χ2v) is 8.49. The van der Waals surface area contributed by atoms with E-state index in [4.69, 9.17) is 21.3 Å². The summed E-state index contributed by atoms with van der Waals surface area (Å²) in [7, 11) is 0. The Morgan fingerprint density at radius 3 is 2.63 bits per heavy atom. The molecule has 30 heavy (non-hydrogen) atoms. The van der Waals surface area contributed by atoms with Crippen molar-refractivity contribution in [2.45, 2.75) is 56.7 Å². The molecule has 2 aliphatic rings. The number of hydrazine groups is 1. The van der Waals surface area contributed by atoms with Gasteiger partial charge in [-0.1, -0.05) is 25.3 Å². The fraction of sp³-hybridized carbons (Fsp3) is 0.522. The molecule has 0 radical (unpaired) electrons. The molecule has 3 unspecified atom stereocenters. The highest BCUT2D eigenvalue weighted by Gasteiger charge is 2.47. The van der Waals surface area contributed by atoms with E-state index in [1.54, 1.807) is 17.4 Å². The van der Waals surface area contributed by atoms with Crippen LogP contribution in [0.4, 0.5) is 5.82 Å². The Morgan fingerprint density at radius 2 is 1.90 bits per heavy atom. The van der Waals surface area contributed by atoms with E-state index in [9.17, 15) is 5.26 Å². The Kier molecular flexibility index (Phi) is 6.28. The fourth-order valence-corrected chi connectivity index (χ4v) is 4.96. The van der Waals surface area contributed by atoms with E-state index in [0.29, 0.717) is 31.2 Å². The van der Waals surface area contributed by atoms with Gasteiger partial charge in [0.05, 0.1) is 30.3 Å². The van der Waals surface area contributed by atoms with Crippen LogP contribution in [0, 0.1) is 23.2 Å². The van der Waals surface area contributed by atoms with Crippen LogP contribution in [-0.4, -0.2) is 28.3 Å². The topological polar surface area (TPSA) is 114 Å². The molecule has 1 aliphatic heterocycles. The zero-order chi connectivity index (χ0) is 21.0. The predicted octanol–water partition coefficient (Wildman–Crippen LogP) is 3.38. The number of rotatable bonds is 5. The van der Waals surface area contributed by atoms with Crippen molar-refractivity contribution in [1.82, 2.24) is 9.97 Å². The lowest BCUT2D eigenvalue weighted by Gasteiger charge is -2.49. The molecule has 2 aromatic rings. The summed E-state index contributed by atoms with van der Waals surface area (Å²) in [5, 5.41) is 11.2. The first kappa shape index (κ1) is 20.7. The standard InChI is InChI=1S/C23H30N6O/c24-16-17-11-14-30-23(25,15-17)22(19-5-2-1-3-6-19)29(26)21-8-4-7-20(28-21)18-9-12-27-13-10-18/h4,7-10,12-13,17,19,22H,1-3,5-6,11,14-15,25-26H2. The van der Waals surface area contributed by atoms with Gasteiger partial charge in [0.1, 0.15) is 11.5 Å². The maximum atomic E-state index is 9.51. The molecule has 3 heterocycles. The van der Waals surface area contributed by atoms with E-state index < -0.39 is 5.72 Å². The molecule has 1 saturated heterocycles. The molecule has 2 aromatic heterocycles. The molecule has 0 aromatic carbocycles. The van der Waals surface area contributed by atoms with Crippen molar-refractivity contribution in [3.05, 3.63) is 42.7 Å². The molecular weight excluding hydrogens is 376 g/mol. The minimum absolute atomic E-state index is 0.112. The number of aromatic nitrogens is 2. The smallest absolute Gasteiger partial charge is 0.143 e. The quantitative estimate of drug-likeness (QED) is 0.578. The zero-order valence-electron chi connectivity index (χ0n) is 17.3. The van der Waals surface area contributed by atoms with Gasteiger partial charge in [-0.25, -0.2) is 10.8 Å². The van der Waals surface area contributed by atoms with Crippen LogP contribution in [0.5, 0.6) is 0 Å². The molecule has 1 saturated carbocycles. The molecule has 158 valence electrons. The Balaban J connectivity index is 1.68. The van der Waals surface area contributed by atoms with Gasteiger partial charge in [0.15, 0.2) is 0 Å². The second kappa shape index (κ2) is 9.09. The van der Waals surface area contributed by atoms with Crippen molar-refractivity contribution in [2.24, 2.45) is 23.4 Å². The monoisotopic (exact) mass is 406 g/mol. The Hall–Kier alpha value is -2.53. The maximum absolute atomic E-state index is 9.51. The summed E-state index contributed by atoms with van der Waals surface area (Å²) in [6, 6.07) is 11.8. The minimum atomic E-state index is -0.968. The Morgan fingerprint density at radius 1 is 1.13 bits per heavy atom. The first-order valence-electron chi connectivity index (χ1n) is 10.8. The van der Waals surface area contributed by atoms with Gasteiger partial charge >= 0.3 is 0 Å². The third kappa shape index (κ3) is 4.31. The number of nitriles is 1. The molecule has 4 rings (SSSR count). The number of hydrogen-bond acceptors (Lipinski definition) is 7. The molecule has 0 bridgehead atoms. The first-order chi connectivity index (χ1) is 14.6. The lowest BCUT2D eigenvalue weighted by Crippen LogP contribution is -2.67. The molecule has 7 heteroatoms. The number of pyridine rings is 2. The van der Waals surface area contributed by atoms with Crippen LogP contribution < -0.4 is 16.6 Å². The average molecular weight is 407 g/mol. The molecular formula is C23H30N6O. The molecule has 0 amide bonds. The average Bonchev–Trinajstić information content (AvgIpc) is 2.80. The molecule has 2 fully saturated rings. The van der Waals surface area contributed by atoms with Gasteiger partial charge in [-0.15, -0.1) is 0 Å². The zero-order valence-corrected chi connectivity index (χ0v) is 17.3. The lowest BCUT2D eigenvalue weighted by molar-refractivity contribution is -0.115. The number of nitrogens with two attached hydrogens (primary N) is 2. The highest BCUT2D eigenvalue weighted by Crippen LogP contribution is 2.39. The van der Waals surface area contributed by atoms with E-state index in [0.717, 1.165) is 36.9 Å². The Bertz CT molecular complexity index is 879. The Labute approximate surface area is 178 Å². The molecule has 1 aliphatic carbocycles. The van der Waals surface area contributed by atoms with Gasteiger partial charge in [0, 0.05) is 24.4 Å². The van der Waals surface area contributed by atoms with Crippen LogP contribution in [-0.2, 0) is 4.74 Å². The van der Waals surface area contributed by atoms with Gasteiger partial charge in [-0.05, 0) is 49.4 Å². The van der Waals surface area contributed by atoms with E-state index in [2.05, 4.69) is 11.1 Å². The van der Waals surface area contributed by atoms with Crippen molar-refractivity contribution in [3.8, 4) is 17.3 Å². The second-order valence-electron chi connectivity index (χ2n) is 8.49. The van der Waals surface area contributed by atoms with Crippen molar-refractivity contribution in [1.29, 1.82) is 5.26 Å². The highest BCUT2D eigenvalue weighted by atomic mass is 16.5. The molecule has 4 N–H and O–H groups in total. The fourth-order valence-electron chi connectivity index (χ4n) is 4.96. The largest absolute Gasteiger partial charge is 0.358 e. The van der Waals surface area contributed by atoms with Crippen molar-refractivity contribution in [3.63, 3.8) is 0 Å². The summed E-state index contributed by atoms with van der Waals surface area (Å²) >= 11 is 0. The van der Waals surface area contributed by atoms with E-state index >= 15 is 0 Å². The van der Waals surface area contributed by atoms with Crippen molar-refractivity contribution in [2.75, 3.05) is 11.6 Å². The first-order valence-corrected chi connectivity index (χ1v) is 10.8. The summed E-state index contributed by atoms with van der Waals surface area (Å²) in [4.78, 5) is 8.90. The molecule has 7 nitrogen and oxygen atoms in total. The summed E-state index contributed by atoms with van der Waals surface area (Å²) in [6.07, 6.45) is 10.4. The maximum Gasteiger partial charge on any atom is 0.143 e. The molecule has 0 spiro atoms. The van der Waals surface area contributed by atoms with E-state index in [1.807, 2.05) is 30.3 Å². The third-order valence-electron chi connectivity index (χ3n) is 6.46. The third-order valence-corrected chi connectivity index (χ3v) is 6.46. The van der Waals surface area contributed by atoms with Crippen molar-refractivity contribution < 1.29 is 4.74 Å². The van der Waals surface area contributed by atoms with Crippen LogP contribution >= 0.6 is 0 Å². The van der Waals surface area contributed by atoms with Gasteiger partial charge in [0.25, 0.3) is 0 Å². The van der Waals surface area contributed by atoms with Crippen LogP contribution in [0.1, 0.15) is 44.9 Å². The van der Waals surface area contributed by atoms with Crippen molar-refractivity contribution >= 4 is 5.82 Å². The predicted molar refractivity (Wildman–Crippen MR) is 116 cm³/mol. The normalized spacial score (nSPS) is 26.0. The number of nitrogens with zero attached hydrogens (tertiary/aromatic N) is 4. The van der Waals surface area contributed by atoms with Crippen LogP contribution in [0.25, 0.3) is 11.3 Å². The number of ether oxygens (including phenoxy) is 1. The van der Waals surface area contributed by atoms with Gasteiger partial charge in [-0.3, -0.25) is 9.99 Å². The highest BCUT2D eigenvalue weighted by molar-refractivity contribution is 5.60. The van der Waals surface area contributed by atoms with Gasteiger partial charge in [0.2, 0.25) is 0 Å². The summed E-state index contributed by atoms with van der Waals surface area (Å²) < 4.78 is 6.14. The van der Waals surface area contributed by atoms with E-state index in [-0.39, 0.29) is 12.0 Å². The minimum Gasteiger partial charge on any atom is -0.358 e. The SMILES string of the molecule is N#CC1CCOC(N)(C(C2CCCCC2)N(N)c2cccc(-c3ccncc3)n2)C1. The van der Waals surface area contributed by atoms with Gasteiger partial charge < -0.3 is 10.5 Å². The van der Waals surface area contributed by atoms with E-state index in [1.165, 1.54) is 6.42 Å². The number of hydrogen-bond donors (Lipinski definition) is 2. The number of anilines is 1. The molecule has 3 atom stereocenters. The summed E-state index contributed by atoms with van der Waals surface area (Å²) in [6.45, 7) is 0.482. The van der Waals surface area contributed by atoms with Crippen LogP contribution in [0.3, 0.4) is 0 Å². The summed E-state index contributed by atoms with van der Waals surface area (Å²) in [5.41, 5.74) is 7.70. The van der Waals surface area contributed by atoms with Gasteiger partial charge in [-0.2, -0.15) is 5.26 Å². The van der Waals surface area contributed by atoms with Crippen LogP contribution in [0.2, 0.25) is 0 Å². The van der Waals surface area contributed by atoms with Crippen LogP contribution in [0.15, 0.2) is 42.7 Å². The lowest BCUT2D eigenvalue weighted by atomic mass is 9.76.